The van der Waals surface area contributed by atoms with Crippen molar-refractivity contribution < 1.29 is 27.6 Å². The van der Waals surface area contributed by atoms with Gasteiger partial charge in [0.25, 0.3) is 0 Å². The summed E-state index contributed by atoms with van der Waals surface area (Å²) in [6, 6.07) is 0. The topological polar surface area (TPSA) is 0 Å². The van der Waals surface area contributed by atoms with E-state index in [0.717, 1.165) is 2.08 Å². The molecule has 0 aromatic carbocycles. The maximum absolute atomic E-state index is 2.53. The van der Waals surface area contributed by atoms with Gasteiger partial charge in [-0.05, 0) is 0 Å². The fourth-order valence-electron chi connectivity index (χ4n) is 0.999. The predicted molar refractivity (Wildman–Crippen MR) is 54.5 cm³/mol. The van der Waals surface area contributed by atoms with Gasteiger partial charge in [0.1, 0.15) is 0 Å². The van der Waals surface area contributed by atoms with Gasteiger partial charge in [-0.1, -0.05) is 0 Å². The molecule has 77 valence electrons. The first-order valence-corrected chi connectivity index (χ1v) is 11.6. The van der Waals surface area contributed by atoms with Gasteiger partial charge in [0.05, 0.1) is 0 Å². The number of hydrogen-bond acceptors (Lipinski definition) is 0. The molecule has 0 aromatic rings. The molecule has 0 atom stereocenters. The molecule has 0 unspecified atom stereocenters. The molecule has 12 heavy (non-hydrogen) atoms. The van der Waals surface area contributed by atoms with Crippen LogP contribution in [-0.2, 0) is 0 Å². The van der Waals surface area contributed by atoms with Crippen LogP contribution in [0.4, 0.5) is 0 Å². The normalized spacial score (nSPS) is 20.8. The zero-order valence-corrected chi connectivity index (χ0v) is 10.7. The Morgan fingerprint density at radius 3 is 2.17 bits per heavy atom. The predicted octanol–water partition coefficient (Wildman–Crippen LogP) is 4.49. The Morgan fingerprint density at radius 1 is 1.25 bits per heavy atom. The van der Waals surface area contributed by atoms with E-state index in [2.05, 4.69) is 41.3 Å². The van der Waals surface area contributed by atoms with E-state index in [1.165, 1.54) is 6.42 Å². The van der Waals surface area contributed by atoms with E-state index < -0.39 is 27.6 Å². The fourth-order valence-corrected chi connectivity index (χ4v) is 5.23. The van der Waals surface area contributed by atoms with E-state index in [1.807, 2.05) is 0 Å². The third-order valence-electron chi connectivity index (χ3n) is 2.52. The summed E-state index contributed by atoms with van der Waals surface area (Å²) >= 11 is -2.02. The van der Waals surface area contributed by atoms with Crippen molar-refractivity contribution in [1.29, 1.82) is 0 Å². The molecule has 0 spiro atoms. The third-order valence-corrected chi connectivity index (χ3v) is 15.0. The molecule has 1 aliphatic rings. The van der Waals surface area contributed by atoms with E-state index in [1.54, 1.807) is 1.73 Å². The summed E-state index contributed by atoms with van der Waals surface area (Å²) in [7, 11) is 0. The quantitative estimate of drug-likeness (QED) is 0.703. The Morgan fingerprint density at radius 2 is 1.83 bits per heavy atom. The second-order valence-corrected chi connectivity index (χ2v) is 19.4. The van der Waals surface area contributed by atoms with Crippen LogP contribution in [0.2, 0.25) is 11.3 Å². The summed E-state index contributed by atoms with van der Waals surface area (Å²) in [6.45, 7) is 4.76. The monoisotopic (exact) mass is 319 g/mol. The number of allylic oxidation sites excluding steroid dienone is 4. The molecule has 0 heterocycles. The molecule has 1 heteroatoms. The van der Waals surface area contributed by atoms with Crippen LogP contribution < -0.4 is 0 Å². The average molecular weight is 321 g/mol. The molecule has 0 fully saturated rings. The molecule has 0 aromatic heterocycles. The van der Waals surface area contributed by atoms with Crippen LogP contribution >= 0.6 is 0 Å². The summed E-state index contributed by atoms with van der Waals surface area (Å²) < 4.78 is 10.2. The Balaban J connectivity index is 2.98. The minimum absolute atomic E-state index is 0.852. The molecule has 0 nitrogen and oxygen atoms in total. The molecule has 0 radical (unpaired) electrons. The van der Waals surface area contributed by atoms with Crippen LogP contribution in [-0.4, -0.2) is 0 Å². The van der Waals surface area contributed by atoms with Crippen molar-refractivity contribution in [1.82, 2.24) is 0 Å². The number of hydrogen-bond donors (Lipinski definition) is 0. The van der Waals surface area contributed by atoms with Gasteiger partial charge in [0.2, 0.25) is 0 Å². The molecule has 0 bridgehead atoms. The second kappa shape index (κ2) is 3.14. The van der Waals surface area contributed by atoms with Crippen LogP contribution in [0.15, 0.2) is 20.0 Å². The Hall–Kier alpha value is 0.727. The van der Waals surface area contributed by atoms with Crippen molar-refractivity contribution in [3.8, 4) is 0 Å². The van der Waals surface area contributed by atoms with Crippen LogP contribution in [0.5, 0.6) is 0 Å². The third kappa shape index (κ3) is 1.80. The van der Waals surface area contributed by atoms with Gasteiger partial charge in [-0.3, -0.25) is 0 Å². The molecule has 1 aliphatic carbocycles. The minimum atomic E-state index is -2.02. The summed E-state index contributed by atoms with van der Waals surface area (Å²) in [5.41, 5.74) is 0. The zero-order valence-electron chi connectivity index (χ0n) is 8.81. The molecule has 1 rings (SSSR count). The van der Waals surface area contributed by atoms with Crippen LogP contribution in [0, 0.1) is 27.6 Å². The van der Waals surface area contributed by atoms with E-state index >= 15 is 0 Å². The van der Waals surface area contributed by atoms with E-state index in [-0.39, 0.29) is 0 Å². The van der Waals surface area contributed by atoms with E-state index in [9.17, 15) is 0 Å². The standard InChI is InChI=1S/C5H5.C3H7.3CH3.Er/c1-2-4-5-3-1;1-3-2;;;;/h1-3H,4H2;3H,1-2H3;3*1H3;. The van der Waals surface area contributed by atoms with Gasteiger partial charge in [-0.25, -0.2) is 0 Å². The molecule has 0 amide bonds. The molecular weight excluding hydrogens is 299 g/mol. The van der Waals surface area contributed by atoms with Gasteiger partial charge in [-0.15, -0.1) is 0 Å². The van der Waals surface area contributed by atoms with E-state index in [0.29, 0.717) is 0 Å². The zero-order chi connectivity index (χ0) is 9.43. The summed E-state index contributed by atoms with van der Waals surface area (Å²) in [4.78, 5) is 0. The Labute approximate surface area is 78.3 Å². The van der Waals surface area contributed by atoms with Crippen molar-refractivity contribution in [2.45, 2.75) is 31.6 Å². The van der Waals surface area contributed by atoms with E-state index in [4.69, 9.17) is 0 Å². The van der Waals surface area contributed by atoms with Gasteiger partial charge in [0, 0.05) is 0 Å². The molecule has 0 N–H and O–H groups in total. The molecule has 0 saturated heterocycles. The Kier molecular flexibility index (Phi) is 2.83. The summed E-state index contributed by atoms with van der Waals surface area (Å²) in [5, 5.41) is 0. The second-order valence-electron chi connectivity index (χ2n) is 3.98. The average Bonchev–Trinajstić information content (AvgIpc) is 2.35. The SMILES string of the molecule is C[CH](C)[Er]([CH3])([CH3])([CH3])[C]1=CC=CC1. The van der Waals surface area contributed by atoms with Crippen LogP contribution in [0.25, 0.3) is 0 Å². The van der Waals surface area contributed by atoms with Gasteiger partial charge in [0.15, 0.2) is 0 Å². The van der Waals surface area contributed by atoms with Crippen molar-refractivity contribution in [3.05, 3.63) is 20.0 Å². The van der Waals surface area contributed by atoms with Crippen molar-refractivity contribution in [2.24, 2.45) is 0 Å². The molecule has 0 saturated carbocycles. The van der Waals surface area contributed by atoms with Crippen molar-refractivity contribution in [3.63, 3.8) is 0 Å². The number of rotatable bonds is 2. The fraction of sp³-hybridized carbons (Fsp3) is 0.636. The summed E-state index contributed by atoms with van der Waals surface area (Å²) in [6.07, 6.45) is 8.06. The Bertz CT molecular complexity index is 235. The van der Waals surface area contributed by atoms with Crippen LogP contribution in [0.1, 0.15) is 20.3 Å². The molecule has 0 aliphatic heterocycles. The maximum atomic E-state index is 2.53. The summed E-state index contributed by atoms with van der Waals surface area (Å²) in [5.74, 6) is 0. The van der Waals surface area contributed by atoms with Gasteiger partial charge < -0.3 is 0 Å². The first-order chi connectivity index (χ1) is 5.33. The van der Waals surface area contributed by atoms with Gasteiger partial charge in [-0.2, -0.15) is 0 Å². The molecular formula is C11H21Er. The van der Waals surface area contributed by atoms with Crippen molar-refractivity contribution >= 4 is 0 Å². The van der Waals surface area contributed by atoms with Crippen LogP contribution in [0.3, 0.4) is 0 Å². The van der Waals surface area contributed by atoms with Gasteiger partial charge >= 0.3 is 79.2 Å². The first kappa shape index (κ1) is 10.8. The first-order valence-electron chi connectivity index (χ1n) is 4.05. The van der Waals surface area contributed by atoms with Crippen molar-refractivity contribution in [2.75, 3.05) is 0 Å².